The van der Waals surface area contributed by atoms with E-state index in [1.807, 2.05) is 6.92 Å². The number of hydrogen-bond donors (Lipinski definition) is 2. The Morgan fingerprint density at radius 1 is 1.25 bits per heavy atom. The molecule has 32 heavy (non-hydrogen) atoms. The number of aliphatic hydroxyl groups excluding tert-OH is 1. The number of likely N-dealkylation sites (tertiary alicyclic amines) is 1. The maximum atomic E-state index is 14.5. The van der Waals surface area contributed by atoms with Crippen molar-refractivity contribution in [2.75, 3.05) is 25.4 Å². The third kappa shape index (κ3) is 3.91. The van der Waals surface area contributed by atoms with Crippen LogP contribution in [0.25, 0.3) is 11.1 Å². The fourth-order valence-electron chi connectivity index (χ4n) is 4.50. The minimum absolute atomic E-state index is 0.0123. The van der Waals surface area contributed by atoms with Gasteiger partial charge in [-0.05, 0) is 41.8 Å². The number of hydrogen-bond acceptors (Lipinski definition) is 4. The highest BCUT2D eigenvalue weighted by atomic mass is 32.2. The zero-order valence-corrected chi connectivity index (χ0v) is 18.3. The molecule has 1 aliphatic heterocycles. The van der Waals surface area contributed by atoms with E-state index in [0.29, 0.717) is 5.56 Å². The number of amides is 1. The predicted molar refractivity (Wildman–Crippen MR) is 115 cm³/mol. The van der Waals surface area contributed by atoms with Crippen LogP contribution < -0.4 is 4.72 Å². The molecular formula is C23H24F4N2O2S. The highest BCUT2D eigenvalue weighted by Crippen LogP contribution is 2.62. The molecule has 0 aromatic heterocycles. The molecule has 2 unspecified atom stereocenters. The van der Waals surface area contributed by atoms with Crippen molar-refractivity contribution in [1.29, 1.82) is 0 Å². The van der Waals surface area contributed by atoms with Crippen LogP contribution in [0, 0.1) is 22.9 Å². The quantitative estimate of drug-likeness (QED) is 0.349. The van der Waals surface area contributed by atoms with Gasteiger partial charge in [-0.3, -0.25) is 9.52 Å². The minimum Gasteiger partial charge on any atom is -0.395 e. The highest BCUT2D eigenvalue weighted by molar-refractivity contribution is 7.97. The first kappa shape index (κ1) is 23.1. The summed E-state index contributed by atoms with van der Waals surface area (Å²) in [5.74, 6) is -2.53. The number of rotatable bonds is 8. The standard InChI is InChI=1S/C23H24F4N2O2S/c1-2-32-28-10-20-19(27)11-29(20)22(31)23(12-30)9-16(23)14-7-6-13(24)8-15(14)21-17(25)4-3-5-18(21)26/h3-8,16,19-20,28,30H,2,9-12H2,1H3/t16?,19-,20-,23?/m1/s1. The van der Waals surface area contributed by atoms with E-state index >= 15 is 0 Å². The second-order valence-corrected chi connectivity index (χ2v) is 9.38. The zero-order chi connectivity index (χ0) is 23.0. The van der Waals surface area contributed by atoms with Gasteiger partial charge in [0.05, 0.1) is 30.2 Å². The average Bonchev–Trinajstić information content (AvgIpc) is 3.50. The summed E-state index contributed by atoms with van der Waals surface area (Å²) in [4.78, 5) is 14.7. The van der Waals surface area contributed by atoms with Gasteiger partial charge in [-0.25, -0.2) is 17.6 Å². The molecule has 2 fully saturated rings. The Balaban J connectivity index is 1.63. The molecule has 1 aliphatic carbocycles. The first-order valence-corrected chi connectivity index (χ1v) is 11.5. The topological polar surface area (TPSA) is 52.6 Å². The molecule has 4 rings (SSSR count). The van der Waals surface area contributed by atoms with Crippen molar-refractivity contribution in [2.45, 2.75) is 31.5 Å². The number of nitrogens with one attached hydrogen (secondary N) is 1. The number of carbonyl (C=O) groups excluding carboxylic acids is 1. The van der Waals surface area contributed by atoms with Gasteiger partial charge in [0.25, 0.3) is 0 Å². The maximum Gasteiger partial charge on any atom is 0.232 e. The molecule has 0 radical (unpaired) electrons. The van der Waals surface area contributed by atoms with Crippen LogP contribution in [0.3, 0.4) is 0 Å². The van der Waals surface area contributed by atoms with Gasteiger partial charge in [0, 0.05) is 18.2 Å². The SMILES string of the molecule is CCSNC[C@@H]1[C@H](F)CN1C(=O)C1(CO)CC1c1ccc(F)cc1-c1c(F)cccc1F. The van der Waals surface area contributed by atoms with Crippen molar-refractivity contribution < 1.29 is 27.5 Å². The highest BCUT2D eigenvalue weighted by Gasteiger charge is 2.64. The molecule has 2 aromatic carbocycles. The zero-order valence-electron chi connectivity index (χ0n) is 17.5. The van der Waals surface area contributed by atoms with Crippen LogP contribution in [0.4, 0.5) is 17.6 Å². The number of aliphatic hydroxyl groups is 1. The van der Waals surface area contributed by atoms with E-state index in [2.05, 4.69) is 4.72 Å². The summed E-state index contributed by atoms with van der Waals surface area (Å²) in [5.41, 5.74) is -1.20. The lowest BCUT2D eigenvalue weighted by atomic mass is 9.89. The minimum atomic E-state index is -1.22. The summed E-state index contributed by atoms with van der Waals surface area (Å²) < 4.78 is 60.1. The third-order valence-electron chi connectivity index (χ3n) is 6.39. The lowest BCUT2D eigenvalue weighted by Gasteiger charge is -2.45. The van der Waals surface area contributed by atoms with Gasteiger partial charge >= 0.3 is 0 Å². The summed E-state index contributed by atoms with van der Waals surface area (Å²) in [6.45, 7) is 1.67. The first-order valence-electron chi connectivity index (χ1n) is 10.5. The van der Waals surface area contributed by atoms with Crippen molar-refractivity contribution in [3.05, 3.63) is 59.4 Å². The molecular weight excluding hydrogens is 444 g/mol. The summed E-state index contributed by atoms with van der Waals surface area (Å²) in [6, 6.07) is 6.35. The molecule has 1 saturated carbocycles. The number of alkyl halides is 1. The van der Waals surface area contributed by atoms with E-state index in [9.17, 15) is 27.5 Å². The summed E-state index contributed by atoms with van der Waals surface area (Å²) >= 11 is 1.42. The molecule has 4 nitrogen and oxygen atoms in total. The van der Waals surface area contributed by atoms with Crippen LogP contribution in [-0.4, -0.2) is 53.6 Å². The van der Waals surface area contributed by atoms with Crippen molar-refractivity contribution in [1.82, 2.24) is 9.62 Å². The van der Waals surface area contributed by atoms with Crippen molar-refractivity contribution >= 4 is 17.9 Å². The Kier molecular flexibility index (Phi) is 6.51. The molecule has 1 saturated heterocycles. The lowest BCUT2D eigenvalue weighted by Crippen LogP contribution is -2.65. The molecule has 0 bridgehead atoms. The smallest absolute Gasteiger partial charge is 0.232 e. The van der Waals surface area contributed by atoms with Gasteiger partial charge in [0.15, 0.2) is 0 Å². The fourth-order valence-corrected chi connectivity index (χ4v) is 4.99. The van der Waals surface area contributed by atoms with Crippen molar-refractivity contribution in [2.24, 2.45) is 5.41 Å². The first-order chi connectivity index (χ1) is 15.3. The predicted octanol–water partition coefficient (Wildman–Crippen LogP) is 4.04. The molecule has 1 heterocycles. The van der Waals surface area contributed by atoms with Gasteiger partial charge in [-0.15, -0.1) is 0 Å². The molecule has 172 valence electrons. The van der Waals surface area contributed by atoms with Gasteiger partial charge < -0.3 is 10.0 Å². The van der Waals surface area contributed by atoms with Crippen LogP contribution in [0.5, 0.6) is 0 Å². The van der Waals surface area contributed by atoms with Crippen LogP contribution in [0.2, 0.25) is 0 Å². The maximum absolute atomic E-state index is 14.5. The van der Waals surface area contributed by atoms with Gasteiger partial charge in [-0.1, -0.05) is 31.0 Å². The molecule has 2 aromatic rings. The van der Waals surface area contributed by atoms with Gasteiger partial charge in [0.1, 0.15) is 23.6 Å². The molecule has 9 heteroatoms. The molecule has 2 aliphatic rings. The molecule has 1 amide bonds. The Labute approximate surface area is 188 Å². The van der Waals surface area contributed by atoms with E-state index in [0.717, 1.165) is 24.0 Å². The Bertz CT molecular complexity index is 1000. The summed E-state index contributed by atoms with van der Waals surface area (Å²) in [6.07, 6.45) is -0.931. The second-order valence-electron chi connectivity index (χ2n) is 8.22. The summed E-state index contributed by atoms with van der Waals surface area (Å²) in [7, 11) is 0. The van der Waals surface area contributed by atoms with Crippen LogP contribution in [-0.2, 0) is 4.79 Å². The van der Waals surface area contributed by atoms with Gasteiger partial charge in [0.2, 0.25) is 5.91 Å². The van der Waals surface area contributed by atoms with E-state index in [1.165, 1.54) is 35.0 Å². The van der Waals surface area contributed by atoms with Crippen molar-refractivity contribution in [3.8, 4) is 11.1 Å². The Hall–Kier alpha value is -2.10. The lowest BCUT2D eigenvalue weighted by molar-refractivity contribution is -0.152. The van der Waals surface area contributed by atoms with Crippen molar-refractivity contribution in [3.63, 3.8) is 0 Å². The largest absolute Gasteiger partial charge is 0.395 e. The van der Waals surface area contributed by atoms with E-state index in [-0.39, 0.29) is 30.6 Å². The monoisotopic (exact) mass is 468 g/mol. The molecule has 4 atom stereocenters. The van der Waals surface area contributed by atoms with Crippen LogP contribution in [0.1, 0.15) is 24.8 Å². The normalized spacial score (nSPS) is 26.7. The number of carbonyl (C=O) groups is 1. The number of halogens is 4. The third-order valence-corrected chi connectivity index (χ3v) is 7.05. The summed E-state index contributed by atoms with van der Waals surface area (Å²) in [5, 5.41) is 10.1. The van der Waals surface area contributed by atoms with E-state index < -0.39 is 53.5 Å². The van der Waals surface area contributed by atoms with Crippen LogP contribution in [0.15, 0.2) is 36.4 Å². The fraction of sp³-hybridized carbons (Fsp3) is 0.435. The second kappa shape index (κ2) is 9.03. The Morgan fingerprint density at radius 3 is 2.59 bits per heavy atom. The number of benzene rings is 2. The number of nitrogens with zero attached hydrogens (tertiary/aromatic N) is 1. The van der Waals surface area contributed by atoms with Gasteiger partial charge in [-0.2, -0.15) is 0 Å². The van der Waals surface area contributed by atoms with E-state index in [4.69, 9.17) is 0 Å². The van der Waals surface area contributed by atoms with Crippen LogP contribution >= 0.6 is 11.9 Å². The Morgan fingerprint density at radius 2 is 1.97 bits per heavy atom. The average molecular weight is 469 g/mol. The molecule has 2 N–H and O–H groups in total. The van der Waals surface area contributed by atoms with E-state index in [1.54, 1.807) is 0 Å². The molecule has 0 spiro atoms.